The molecule has 0 aliphatic rings. The summed E-state index contributed by atoms with van der Waals surface area (Å²) in [4.78, 5) is 41.5. The number of carbonyl (C=O) groups is 3. The van der Waals surface area contributed by atoms with Crippen LogP contribution in [0.25, 0.3) is 0 Å². The highest BCUT2D eigenvalue weighted by molar-refractivity contribution is 5.98. The Morgan fingerprint density at radius 1 is 1.53 bits per heavy atom. The van der Waals surface area contributed by atoms with Crippen LogP contribution in [0, 0.1) is 0 Å². The molecule has 4 N–H and O–H groups in total. The van der Waals surface area contributed by atoms with Gasteiger partial charge in [-0.3, -0.25) is 19.3 Å². The molecule has 0 aliphatic carbocycles. The molecule has 1 atom stereocenters. The number of imide groups is 1. The first-order valence-corrected chi connectivity index (χ1v) is 5.68. The molecule has 1 heterocycles. The number of aromatic nitrogens is 2. The molecule has 2 amide bonds. The highest BCUT2D eigenvalue weighted by Gasteiger charge is 2.25. The monoisotopic (exact) mass is 268 g/mol. The molecule has 0 spiro atoms. The van der Waals surface area contributed by atoms with Crippen molar-refractivity contribution >= 4 is 17.8 Å². The zero-order valence-corrected chi connectivity index (χ0v) is 10.5. The molecule has 8 nitrogen and oxygen atoms in total. The summed E-state index contributed by atoms with van der Waals surface area (Å²) in [6, 6.07) is -1.22. The standard InChI is InChI=1S/C11H16N4O4/c1-7(16)15(3-2-8-5-13-6-14-8)11(19)9(12)4-10(17)18/h5-6,9H,2-4,12H2,1H3,(H,13,14)(H,17,18)/t9-/m0/s1. The Balaban J connectivity index is 2.63. The summed E-state index contributed by atoms with van der Waals surface area (Å²) in [5.74, 6) is -2.34. The molecular weight excluding hydrogens is 252 g/mol. The lowest BCUT2D eigenvalue weighted by Gasteiger charge is -2.21. The van der Waals surface area contributed by atoms with Crippen LogP contribution < -0.4 is 5.73 Å². The predicted molar refractivity (Wildman–Crippen MR) is 64.9 cm³/mol. The Kier molecular flexibility index (Phi) is 5.19. The second-order valence-corrected chi connectivity index (χ2v) is 4.02. The molecule has 19 heavy (non-hydrogen) atoms. The molecule has 0 saturated heterocycles. The molecule has 0 bridgehead atoms. The van der Waals surface area contributed by atoms with Crippen LogP contribution in [0.15, 0.2) is 12.5 Å². The quantitative estimate of drug-likeness (QED) is 0.615. The van der Waals surface area contributed by atoms with E-state index in [0.717, 1.165) is 4.90 Å². The minimum Gasteiger partial charge on any atom is -0.481 e. The van der Waals surface area contributed by atoms with Gasteiger partial charge in [-0.2, -0.15) is 0 Å². The Morgan fingerprint density at radius 2 is 2.21 bits per heavy atom. The van der Waals surface area contributed by atoms with Crippen molar-refractivity contribution in [3.8, 4) is 0 Å². The number of H-pyrrole nitrogens is 1. The lowest BCUT2D eigenvalue weighted by molar-refractivity contribution is -0.147. The zero-order chi connectivity index (χ0) is 14.4. The summed E-state index contributed by atoms with van der Waals surface area (Å²) in [6.45, 7) is 1.35. The van der Waals surface area contributed by atoms with Crippen LogP contribution in [0.4, 0.5) is 0 Å². The van der Waals surface area contributed by atoms with Gasteiger partial charge in [-0.05, 0) is 0 Å². The van der Waals surface area contributed by atoms with Crippen LogP contribution in [0.3, 0.4) is 0 Å². The van der Waals surface area contributed by atoms with Crippen LogP contribution >= 0.6 is 0 Å². The van der Waals surface area contributed by atoms with Crippen molar-refractivity contribution in [3.63, 3.8) is 0 Å². The smallest absolute Gasteiger partial charge is 0.305 e. The molecule has 104 valence electrons. The Bertz CT molecular complexity index is 457. The number of aliphatic carboxylic acids is 1. The van der Waals surface area contributed by atoms with Crippen LogP contribution in [-0.2, 0) is 20.8 Å². The number of aromatic amines is 1. The van der Waals surface area contributed by atoms with Gasteiger partial charge in [0.25, 0.3) is 0 Å². The van der Waals surface area contributed by atoms with Gasteiger partial charge in [-0.25, -0.2) is 4.98 Å². The fourth-order valence-electron chi connectivity index (χ4n) is 1.55. The maximum Gasteiger partial charge on any atom is 0.305 e. The van der Waals surface area contributed by atoms with E-state index >= 15 is 0 Å². The van der Waals surface area contributed by atoms with Crippen LogP contribution in [0.2, 0.25) is 0 Å². The first-order chi connectivity index (χ1) is 8.91. The number of amides is 2. The topological polar surface area (TPSA) is 129 Å². The largest absolute Gasteiger partial charge is 0.481 e. The third-order valence-electron chi connectivity index (χ3n) is 2.50. The molecule has 1 aromatic rings. The maximum absolute atomic E-state index is 11.9. The second kappa shape index (κ2) is 6.64. The van der Waals surface area contributed by atoms with Crippen LogP contribution in [0.1, 0.15) is 19.0 Å². The van der Waals surface area contributed by atoms with E-state index in [1.807, 2.05) is 0 Å². The molecule has 0 saturated carbocycles. The van der Waals surface area contributed by atoms with Gasteiger partial charge in [0.1, 0.15) is 0 Å². The molecule has 8 heteroatoms. The second-order valence-electron chi connectivity index (χ2n) is 4.02. The van der Waals surface area contributed by atoms with E-state index in [0.29, 0.717) is 12.1 Å². The number of hydrogen-bond acceptors (Lipinski definition) is 5. The Hall–Kier alpha value is -2.22. The fraction of sp³-hybridized carbons (Fsp3) is 0.455. The van der Waals surface area contributed by atoms with E-state index < -0.39 is 30.2 Å². The lowest BCUT2D eigenvalue weighted by Crippen LogP contribution is -2.47. The number of carboxylic acids is 1. The molecule has 0 unspecified atom stereocenters. The minimum atomic E-state index is -1.22. The maximum atomic E-state index is 11.9. The number of nitrogens with one attached hydrogen (secondary N) is 1. The summed E-state index contributed by atoms with van der Waals surface area (Å²) < 4.78 is 0. The van der Waals surface area contributed by atoms with E-state index in [1.165, 1.54) is 13.3 Å². The first-order valence-electron chi connectivity index (χ1n) is 5.68. The van der Waals surface area contributed by atoms with Crippen molar-refractivity contribution in [2.45, 2.75) is 25.8 Å². The number of carbonyl (C=O) groups excluding carboxylic acids is 2. The summed E-state index contributed by atoms with van der Waals surface area (Å²) in [5, 5.41) is 8.58. The van der Waals surface area contributed by atoms with E-state index in [2.05, 4.69) is 9.97 Å². The SMILES string of the molecule is CC(=O)N(CCc1c[nH]cn1)C(=O)[C@@H](N)CC(=O)O. The normalized spacial score (nSPS) is 11.9. The molecule has 1 aromatic heterocycles. The number of carboxylic acid groups (broad SMARTS) is 1. The van der Waals surface area contributed by atoms with Crippen molar-refractivity contribution in [1.29, 1.82) is 0 Å². The zero-order valence-electron chi connectivity index (χ0n) is 10.5. The average molecular weight is 268 g/mol. The van der Waals surface area contributed by atoms with Gasteiger partial charge < -0.3 is 15.8 Å². The van der Waals surface area contributed by atoms with Gasteiger partial charge in [-0.15, -0.1) is 0 Å². The van der Waals surface area contributed by atoms with E-state index in [1.54, 1.807) is 6.20 Å². The summed E-state index contributed by atoms with van der Waals surface area (Å²) in [5.41, 5.74) is 6.16. The fourth-order valence-corrected chi connectivity index (χ4v) is 1.55. The van der Waals surface area contributed by atoms with Crippen molar-refractivity contribution in [2.75, 3.05) is 6.54 Å². The summed E-state index contributed by atoms with van der Waals surface area (Å²) >= 11 is 0. The van der Waals surface area contributed by atoms with Gasteiger partial charge in [0, 0.05) is 26.1 Å². The number of nitrogens with zero attached hydrogens (tertiary/aromatic N) is 2. The van der Waals surface area contributed by atoms with Gasteiger partial charge in [-0.1, -0.05) is 0 Å². The minimum absolute atomic E-state index is 0.117. The average Bonchev–Trinajstić information content (AvgIpc) is 2.80. The van der Waals surface area contributed by atoms with Gasteiger partial charge in [0.15, 0.2) is 0 Å². The Morgan fingerprint density at radius 3 is 2.68 bits per heavy atom. The van der Waals surface area contributed by atoms with Crippen molar-refractivity contribution in [3.05, 3.63) is 18.2 Å². The highest BCUT2D eigenvalue weighted by Crippen LogP contribution is 2.02. The third-order valence-corrected chi connectivity index (χ3v) is 2.50. The first kappa shape index (κ1) is 14.8. The molecule has 0 radical (unpaired) electrons. The van der Waals surface area contributed by atoms with Crippen LogP contribution in [-0.4, -0.2) is 50.3 Å². The number of imidazole rings is 1. The van der Waals surface area contributed by atoms with Gasteiger partial charge >= 0.3 is 5.97 Å². The van der Waals surface area contributed by atoms with Gasteiger partial charge in [0.2, 0.25) is 11.8 Å². The number of hydrogen-bond donors (Lipinski definition) is 3. The van der Waals surface area contributed by atoms with E-state index in [-0.39, 0.29) is 6.54 Å². The van der Waals surface area contributed by atoms with Gasteiger partial charge in [0.05, 0.1) is 24.5 Å². The Labute approximate surface area is 109 Å². The summed E-state index contributed by atoms with van der Waals surface area (Å²) in [6.07, 6.45) is 3.02. The molecular formula is C11H16N4O4. The van der Waals surface area contributed by atoms with E-state index in [9.17, 15) is 14.4 Å². The summed E-state index contributed by atoms with van der Waals surface area (Å²) in [7, 11) is 0. The predicted octanol–water partition coefficient (Wildman–Crippen LogP) is -0.871. The molecule has 0 aliphatic heterocycles. The molecule has 0 aromatic carbocycles. The van der Waals surface area contributed by atoms with Crippen LogP contribution in [0.5, 0.6) is 0 Å². The molecule has 1 rings (SSSR count). The van der Waals surface area contributed by atoms with Crippen molar-refractivity contribution in [2.24, 2.45) is 5.73 Å². The number of rotatable bonds is 6. The third kappa shape index (κ3) is 4.51. The van der Waals surface area contributed by atoms with Crippen molar-refractivity contribution < 1.29 is 19.5 Å². The molecule has 0 fully saturated rings. The number of nitrogens with two attached hydrogens (primary N) is 1. The highest BCUT2D eigenvalue weighted by atomic mass is 16.4. The lowest BCUT2D eigenvalue weighted by atomic mass is 10.2. The van der Waals surface area contributed by atoms with Crippen molar-refractivity contribution in [1.82, 2.24) is 14.9 Å². The van der Waals surface area contributed by atoms with E-state index in [4.69, 9.17) is 10.8 Å².